The summed E-state index contributed by atoms with van der Waals surface area (Å²) >= 11 is 0. The van der Waals surface area contributed by atoms with Crippen LogP contribution in [0.15, 0.2) is 0 Å². The molecule has 90 valence electrons. The fourth-order valence-corrected chi connectivity index (χ4v) is 1.75. The predicted octanol–water partition coefficient (Wildman–Crippen LogP) is 0.679. The number of carbonyl (C=O) groups is 1. The Bertz CT molecular complexity index is 346. The summed E-state index contributed by atoms with van der Waals surface area (Å²) in [5.41, 5.74) is -7.14. The highest BCUT2D eigenvalue weighted by atomic mass is 32.2. The van der Waals surface area contributed by atoms with Crippen molar-refractivity contribution < 1.29 is 31.5 Å². The number of alkyl halides is 3. The Labute approximate surface area is 84.3 Å². The Morgan fingerprint density at radius 1 is 1.33 bits per heavy atom. The van der Waals surface area contributed by atoms with Crippen molar-refractivity contribution in [1.82, 2.24) is 4.72 Å². The van der Waals surface area contributed by atoms with Crippen molar-refractivity contribution in [2.24, 2.45) is 0 Å². The van der Waals surface area contributed by atoms with Gasteiger partial charge < -0.3 is 5.11 Å². The van der Waals surface area contributed by atoms with Crippen molar-refractivity contribution in [3.8, 4) is 0 Å². The molecule has 0 bridgehead atoms. The number of carboxylic acid groups (broad SMARTS) is 1. The second kappa shape index (κ2) is 3.97. The van der Waals surface area contributed by atoms with Gasteiger partial charge >= 0.3 is 21.5 Å². The summed E-state index contributed by atoms with van der Waals surface area (Å²) in [5, 5.41) is 8.33. The van der Waals surface area contributed by atoms with Gasteiger partial charge in [-0.1, -0.05) is 0 Å². The van der Waals surface area contributed by atoms with Crippen LogP contribution in [0, 0.1) is 0 Å². The number of rotatable bonds is 4. The first kappa shape index (κ1) is 14.2. The lowest BCUT2D eigenvalue weighted by molar-refractivity contribution is -0.138. The zero-order valence-electron chi connectivity index (χ0n) is 7.92. The third-order valence-corrected chi connectivity index (χ3v) is 2.74. The fourth-order valence-electron chi connectivity index (χ4n) is 0.836. The molecule has 9 heteroatoms. The minimum Gasteiger partial charge on any atom is -0.481 e. The summed E-state index contributed by atoms with van der Waals surface area (Å²) in [6, 6.07) is 0. The average Bonchev–Trinajstić information content (AvgIpc) is 1.75. The van der Waals surface area contributed by atoms with E-state index < -0.39 is 33.5 Å². The highest BCUT2D eigenvalue weighted by Crippen LogP contribution is 2.24. The van der Waals surface area contributed by atoms with E-state index >= 15 is 0 Å². The van der Waals surface area contributed by atoms with E-state index in [1.54, 1.807) is 0 Å². The number of hydrogen-bond donors (Lipinski definition) is 2. The number of aliphatic carboxylic acids is 1. The summed E-state index contributed by atoms with van der Waals surface area (Å²) in [4.78, 5) is 10.2. The smallest absolute Gasteiger partial charge is 0.481 e. The molecule has 0 unspecified atom stereocenters. The first-order chi connectivity index (χ1) is 6.37. The maximum absolute atomic E-state index is 11.9. The number of carboxylic acids is 1. The molecule has 15 heavy (non-hydrogen) atoms. The maximum atomic E-state index is 11.9. The summed E-state index contributed by atoms with van der Waals surface area (Å²) < 4.78 is 58.2. The number of sulfonamides is 1. The van der Waals surface area contributed by atoms with Crippen LogP contribution >= 0.6 is 0 Å². The van der Waals surface area contributed by atoms with Crippen LogP contribution in [-0.4, -0.2) is 30.5 Å². The number of hydrogen-bond acceptors (Lipinski definition) is 3. The molecular formula is C6H10F3NO4S. The average molecular weight is 249 g/mol. The highest BCUT2D eigenvalue weighted by Gasteiger charge is 2.48. The van der Waals surface area contributed by atoms with E-state index in [0.29, 0.717) is 0 Å². The summed E-state index contributed by atoms with van der Waals surface area (Å²) in [5.74, 6) is -1.40. The van der Waals surface area contributed by atoms with Crippen molar-refractivity contribution in [3.05, 3.63) is 0 Å². The first-order valence-electron chi connectivity index (χ1n) is 3.69. The van der Waals surface area contributed by atoms with Crippen LogP contribution in [0.1, 0.15) is 20.3 Å². The lowest BCUT2D eigenvalue weighted by Gasteiger charge is -2.24. The second-order valence-corrected chi connectivity index (χ2v) is 5.18. The molecule has 0 amide bonds. The van der Waals surface area contributed by atoms with Gasteiger partial charge in [0.15, 0.2) is 0 Å². The van der Waals surface area contributed by atoms with Crippen LogP contribution in [0.25, 0.3) is 0 Å². The Kier molecular flexibility index (Phi) is 3.75. The Morgan fingerprint density at radius 3 is 2.00 bits per heavy atom. The molecule has 0 aromatic heterocycles. The summed E-state index contributed by atoms with van der Waals surface area (Å²) in [6.07, 6.45) is -0.748. The van der Waals surface area contributed by atoms with Crippen LogP contribution in [0.3, 0.4) is 0 Å². The van der Waals surface area contributed by atoms with Crippen molar-refractivity contribution in [2.45, 2.75) is 31.3 Å². The zero-order valence-corrected chi connectivity index (χ0v) is 8.74. The highest BCUT2D eigenvalue weighted by molar-refractivity contribution is 7.90. The normalized spacial score (nSPS) is 13.9. The second-order valence-electron chi connectivity index (χ2n) is 3.51. The van der Waals surface area contributed by atoms with Gasteiger partial charge in [0.1, 0.15) is 0 Å². The number of nitrogens with one attached hydrogen (secondary N) is 1. The molecule has 0 aliphatic heterocycles. The fraction of sp³-hybridized carbons (Fsp3) is 0.833. The molecule has 0 aromatic carbocycles. The molecule has 0 saturated carbocycles. The van der Waals surface area contributed by atoms with Crippen LogP contribution in [0.2, 0.25) is 0 Å². The molecule has 0 radical (unpaired) electrons. The molecular weight excluding hydrogens is 239 g/mol. The Morgan fingerprint density at radius 2 is 1.73 bits per heavy atom. The quantitative estimate of drug-likeness (QED) is 0.767. The third kappa shape index (κ3) is 4.47. The molecule has 0 aliphatic rings. The van der Waals surface area contributed by atoms with Gasteiger partial charge in [0.25, 0.3) is 0 Å². The largest absolute Gasteiger partial charge is 0.511 e. The van der Waals surface area contributed by atoms with Gasteiger partial charge in [-0.25, -0.2) is 13.1 Å². The molecule has 0 fully saturated rings. The SMILES string of the molecule is CC(C)(CC(=O)O)NS(=O)(=O)C(F)(F)F. The van der Waals surface area contributed by atoms with E-state index in [4.69, 9.17) is 5.11 Å². The predicted molar refractivity (Wildman–Crippen MR) is 44.4 cm³/mol. The number of halogens is 3. The van der Waals surface area contributed by atoms with Crippen LogP contribution < -0.4 is 4.72 Å². The standard InChI is InChI=1S/C6H10F3NO4S/c1-5(2,3-4(11)12)10-15(13,14)6(7,8)9/h10H,3H2,1-2H3,(H,11,12). The van der Waals surface area contributed by atoms with Gasteiger partial charge in [0.05, 0.1) is 6.42 Å². The Balaban J connectivity index is 4.82. The summed E-state index contributed by atoms with van der Waals surface area (Å²) in [7, 11) is -5.51. The topological polar surface area (TPSA) is 83.5 Å². The van der Waals surface area contributed by atoms with E-state index in [-0.39, 0.29) is 0 Å². The molecule has 2 N–H and O–H groups in total. The molecule has 0 heterocycles. The molecule has 0 atom stereocenters. The van der Waals surface area contributed by atoms with Gasteiger partial charge in [-0.05, 0) is 13.8 Å². The van der Waals surface area contributed by atoms with Crippen molar-refractivity contribution in [3.63, 3.8) is 0 Å². The van der Waals surface area contributed by atoms with Crippen molar-refractivity contribution in [2.75, 3.05) is 0 Å². The van der Waals surface area contributed by atoms with Crippen LogP contribution in [0.4, 0.5) is 13.2 Å². The lowest BCUT2D eigenvalue weighted by Crippen LogP contribution is -2.49. The lowest BCUT2D eigenvalue weighted by atomic mass is 10.0. The molecule has 5 nitrogen and oxygen atoms in total. The van der Waals surface area contributed by atoms with E-state index in [1.165, 1.54) is 4.72 Å². The first-order valence-corrected chi connectivity index (χ1v) is 5.18. The molecule has 0 spiro atoms. The third-order valence-electron chi connectivity index (χ3n) is 1.31. The minimum absolute atomic E-state index is 0.748. The zero-order chi connectivity index (χ0) is 12.5. The van der Waals surface area contributed by atoms with Gasteiger partial charge in [0.2, 0.25) is 0 Å². The van der Waals surface area contributed by atoms with Gasteiger partial charge in [-0.3, -0.25) is 4.79 Å². The van der Waals surface area contributed by atoms with Gasteiger partial charge in [-0.2, -0.15) is 13.2 Å². The monoisotopic (exact) mass is 249 g/mol. The van der Waals surface area contributed by atoms with Crippen molar-refractivity contribution in [1.29, 1.82) is 0 Å². The van der Waals surface area contributed by atoms with E-state index in [9.17, 15) is 26.4 Å². The maximum Gasteiger partial charge on any atom is 0.511 e. The van der Waals surface area contributed by atoms with Crippen molar-refractivity contribution >= 4 is 16.0 Å². The molecule has 0 rings (SSSR count). The molecule has 0 aromatic rings. The Hall–Kier alpha value is -0.830. The van der Waals surface area contributed by atoms with E-state index in [2.05, 4.69) is 0 Å². The minimum atomic E-state index is -5.51. The van der Waals surface area contributed by atoms with Gasteiger partial charge in [-0.15, -0.1) is 0 Å². The van der Waals surface area contributed by atoms with Crippen LogP contribution in [-0.2, 0) is 14.8 Å². The van der Waals surface area contributed by atoms with E-state index in [0.717, 1.165) is 13.8 Å². The van der Waals surface area contributed by atoms with Gasteiger partial charge in [0, 0.05) is 5.54 Å². The van der Waals surface area contributed by atoms with E-state index in [1.807, 2.05) is 0 Å². The summed E-state index contributed by atoms with van der Waals surface area (Å²) in [6.45, 7) is 2.09. The molecule has 0 aliphatic carbocycles. The van der Waals surface area contributed by atoms with Crippen LogP contribution in [0.5, 0.6) is 0 Å². The molecule has 0 saturated heterocycles.